The summed E-state index contributed by atoms with van der Waals surface area (Å²) < 4.78 is 16.5. The maximum absolute atomic E-state index is 5.91. The highest BCUT2D eigenvalue weighted by atomic mass is 16.5. The third-order valence-electron chi connectivity index (χ3n) is 4.82. The maximum atomic E-state index is 5.91. The summed E-state index contributed by atoms with van der Waals surface area (Å²) in [7, 11) is 3.32. The molecule has 0 saturated heterocycles. The lowest BCUT2D eigenvalue weighted by molar-refractivity contribution is 0.226. The summed E-state index contributed by atoms with van der Waals surface area (Å²) in [5.41, 5.74) is 3.16. The van der Waals surface area contributed by atoms with Crippen LogP contribution in [-0.4, -0.2) is 36.8 Å². The predicted octanol–water partition coefficient (Wildman–Crippen LogP) is 3.25. The highest BCUT2D eigenvalue weighted by Crippen LogP contribution is 2.34. The van der Waals surface area contributed by atoms with E-state index in [1.165, 1.54) is 0 Å². The SMILES string of the molecule is COc1ccc(-c2ncc(CNC3COc4c(cccc4OC)C3)cn2)cc1. The zero-order valence-electron chi connectivity index (χ0n) is 16.0. The number of nitrogens with one attached hydrogen (secondary N) is 1. The van der Waals surface area contributed by atoms with Crippen LogP contribution in [-0.2, 0) is 13.0 Å². The summed E-state index contributed by atoms with van der Waals surface area (Å²) in [6.07, 6.45) is 4.62. The van der Waals surface area contributed by atoms with Crippen LogP contribution in [0.25, 0.3) is 11.4 Å². The second-order valence-electron chi connectivity index (χ2n) is 6.68. The van der Waals surface area contributed by atoms with E-state index in [0.29, 0.717) is 19.0 Å². The van der Waals surface area contributed by atoms with Crippen molar-refractivity contribution >= 4 is 0 Å². The molecular formula is C22H23N3O3. The Balaban J connectivity index is 1.36. The van der Waals surface area contributed by atoms with E-state index in [0.717, 1.165) is 40.4 Å². The van der Waals surface area contributed by atoms with Crippen LogP contribution in [0, 0.1) is 0 Å². The molecular weight excluding hydrogens is 354 g/mol. The normalized spacial score (nSPS) is 15.4. The second-order valence-corrected chi connectivity index (χ2v) is 6.68. The summed E-state index contributed by atoms with van der Waals surface area (Å²) >= 11 is 0. The molecule has 6 heteroatoms. The fraction of sp³-hybridized carbons (Fsp3) is 0.273. The number of fused-ring (bicyclic) bond motifs is 1. The first-order valence-electron chi connectivity index (χ1n) is 9.24. The van der Waals surface area contributed by atoms with Crippen LogP contribution in [0.3, 0.4) is 0 Å². The van der Waals surface area contributed by atoms with Gasteiger partial charge in [-0.3, -0.25) is 0 Å². The topological polar surface area (TPSA) is 65.5 Å². The zero-order valence-corrected chi connectivity index (χ0v) is 16.0. The highest BCUT2D eigenvalue weighted by molar-refractivity contribution is 5.55. The summed E-state index contributed by atoms with van der Waals surface area (Å²) in [5, 5.41) is 3.53. The number of para-hydroxylation sites is 1. The van der Waals surface area contributed by atoms with Gasteiger partial charge in [0.15, 0.2) is 17.3 Å². The van der Waals surface area contributed by atoms with Crippen molar-refractivity contribution in [3.8, 4) is 28.6 Å². The third-order valence-corrected chi connectivity index (χ3v) is 4.82. The zero-order chi connectivity index (χ0) is 19.3. The van der Waals surface area contributed by atoms with Gasteiger partial charge in [0.25, 0.3) is 0 Å². The van der Waals surface area contributed by atoms with Crippen molar-refractivity contribution < 1.29 is 14.2 Å². The van der Waals surface area contributed by atoms with E-state index in [1.54, 1.807) is 14.2 Å². The average Bonchev–Trinajstić information content (AvgIpc) is 2.77. The Morgan fingerprint density at radius 3 is 2.54 bits per heavy atom. The molecule has 2 heterocycles. The minimum atomic E-state index is 0.237. The number of aromatic nitrogens is 2. The summed E-state index contributed by atoms with van der Waals surface area (Å²) in [4.78, 5) is 8.97. The monoisotopic (exact) mass is 377 g/mol. The summed E-state index contributed by atoms with van der Waals surface area (Å²) in [6, 6.07) is 14.0. The van der Waals surface area contributed by atoms with E-state index >= 15 is 0 Å². The van der Waals surface area contributed by atoms with E-state index in [2.05, 4.69) is 21.4 Å². The molecule has 1 unspecified atom stereocenters. The third kappa shape index (κ3) is 3.92. The molecule has 0 amide bonds. The Bertz CT molecular complexity index is 927. The lowest BCUT2D eigenvalue weighted by atomic mass is 10.0. The van der Waals surface area contributed by atoms with Gasteiger partial charge in [0.2, 0.25) is 0 Å². The number of nitrogens with zero attached hydrogens (tertiary/aromatic N) is 2. The lowest BCUT2D eigenvalue weighted by Gasteiger charge is -2.27. The predicted molar refractivity (Wildman–Crippen MR) is 107 cm³/mol. The number of hydrogen-bond donors (Lipinski definition) is 1. The molecule has 28 heavy (non-hydrogen) atoms. The average molecular weight is 377 g/mol. The molecule has 1 N–H and O–H groups in total. The van der Waals surface area contributed by atoms with Crippen molar-refractivity contribution in [3.05, 3.63) is 66.0 Å². The first-order chi connectivity index (χ1) is 13.8. The molecule has 144 valence electrons. The maximum Gasteiger partial charge on any atom is 0.164 e. The van der Waals surface area contributed by atoms with E-state index in [1.807, 2.05) is 48.8 Å². The van der Waals surface area contributed by atoms with Crippen LogP contribution in [0.2, 0.25) is 0 Å². The van der Waals surface area contributed by atoms with Gasteiger partial charge in [0, 0.05) is 36.1 Å². The molecule has 1 atom stereocenters. The van der Waals surface area contributed by atoms with E-state index in [4.69, 9.17) is 14.2 Å². The molecule has 3 aromatic rings. The van der Waals surface area contributed by atoms with Gasteiger partial charge in [-0.15, -0.1) is 0 Å². The van der Waals surface area contributed by atoms with Crippen molar-refractivity contribution in [2.24, 2.45) is 0 Å². The van der Waals surface area contributed by atoms with Crippen LogP contribution in [0.5, 0.6) is 17.2 Å². The van der Waals surface area contributed by atoms with Gasteiger partial charge in [-0.2, -0.15) is 0 Å². The molecule has 1 aromatic heterocycles. The van der Waals surface area contributed by atoms with Gasteiger partial charge in [-0.1, -0.05) is 12.1 Å². The first kappa shape index (κ1) is 18.3. The van der Waals surface area contributed by atoms with E-state index < -0.39 is 0 Å². The minimum Gasteiger partial charge on any atom is -0.497 e. The molecule has 0 radical (unpaired) electrons. The molecule has 2 aromatic carbocycles. The Morgan fingerprint density at radius 2 is 1.82 bits per heavy atom. The molecule has 0 saturated carbocycles. The number of methoxy groups -OCH3 is 2. The summed E-state index contributed by atoms with van der Waals surface area (Å²) in [5.74, 6) is 3.17. The van der Waals surface area contributed by atoms with Gasteiger partial charge in [-0.25, -0.2) is 9.97 Å². The molecule has 0 bridgehead atoms. The van der Waals surface area contributed by atoms with Gasteiger partial charge in [-0.05, 0) is 42.3 Å². The van der Waals surface area contributed by atoms with Crippen molar-refractivity contribution in [2.75, 3.05) is 20.8 Å². The second kappa shape index (κ2) is 8.27. The molecule has 6 nitrogen and oxygen atoms in total. The molecule has 1 aliphatic heterocycles. The van der Waals surface area contributed by atoms with Crippen LogP contribution in [0.15, 0.2) is 54.9 Å². The molecule has 0 aliphatic carbocycles. The standard InChI is InChI=1S/C22H23N3O3/c1-26-19-8-6-16(7-9-19)22-24-12-15(13-25-22)11-23-18-10-17-4-3-5-20(27-2)21(17)28-14-18/h3-9,12-13,18,23H,10-11,14H2,1-2H3. The molecule has 0 fully saturated rings. The quantitative estimate of drug-likeness (QED) is 0.711. The number of ether oxygens (including phenoxy) is 3. The largest absolute Gasteiger partial charge is 0.497 e. The van der Waals surface area contributed by atoms with Crippen LogP contribution >= 0.6 is 0 Å². The van der Waals surface area contributed by atoms with Gasteiger partial charge < -0.3 is 19.5 Å². The Morgan fingerprint density at radius 1 is 1.04 bits per heavy atom. The smallest absolute Gasteiger partial charge is 0.164 e. The minimum absolute atomic E-state index is 0.237. The molecule has 0 spiro atoms. The first-order valence-corrected chi connectivity index (χ1v) is 9.24. The highest BCUT2D eigenvalue weighted by Gasteiger charge is 2.22. The summed E-state index contributed by atoms with van der Waals surface area (Å²) in [6.45, 7) is 1.30. The molecule has 4 rings (SSSR count). The number of benzene rings is 2. The van der Waals surface area contributed by atoms with Crippen LogP contribution < -0.4 is 19.5 Å². The van der Waals surface area contributed by atoms with Gasteiger partial charge >= 0.3 is 0 Å². The number of hydrogen-bond acceptors (Lipinski definition) is 6. The lowest BCUT2D eigenvalue weighted by Crippen LogP contribution is -2.39. The van der Waals surface area contributed by atoms with Crippen molar-refractivity contribution in [1.82, 2.24) is 15.3 Å². The van der Waals surface area contributed by atoms with Crippen molar-refractivity contribution in [1.29, 1.82) is 0 Å². The van der Waals surface area contributed by atoms with Gasteiger partial charge in [0.1, 0.15) is 12.4 Å². The fourth-order valence-electron chi connectivity index (χ4n) is 3.28. The van der Waals surface area contributed by atoms with E-state index in [9.17, 15) is 0 Å². The van der Waals surface area contributed by atoms with E-state index in [-0.39, 0.29) is 6.04 Å². The number of rotatable bonds is 6. The Hall–Kier alpha value is -3.12. The van der Waals surface area contributed by atoms with Crippen molar-refractivity contribution in [3.63, 3.8) is 0 Å². The van der Waals surface area contributed by atoms with Crippen LogP contribution in [0.1, 0.15) is 11.1 Å². The van der Waals surface area contributed by atoms with Gasteiger partial charge in [0.05, 0.1) is 14.2 Å². The fourth-order valence-corrected chi connectivity index (χ4v) is 3.28. The van der Waals surface area contributed by atoms with Crippen molar-refractivity contribution in [2.45, 2.75) is 19.0 Å². The Kier molecular flexibility index (Phi) is 5.39. The van der Waals surface area contributed by atoms with Crippen LogP contribution in [0.4, 0.5) is 0 Å². The Labute approximate surface area is 164 Å². The molecule has 1 aliphatic rings.